The molecule has 21 heavy (non-hydrogen) atoms. The fraction of sp³-hybridized carbons (Fsp3) is 0.824. The van der Waals surface area contributed by atoms with Crippen molar-refractivity contribution in [3.63, 3.8) is 0 Å². The molecule has 0 spiro atoms. The van der Waals surface area contributed by atoms with Crippen molar-refractivity contribution in [2.75, 3.05) is 0 Å². The average molecular weight is 328 g/mol. The van der Waals surface area contributed by atoms with E-state index in [0.29, 0.717) is 0 Å². The minimum atomic E-state index is -1.52. The summed E-state index contributed by atoms with van der Waals surface area (Å²) in [4.78, 5) is 14.7. The molecule has 4 heteroatoms. The second-order valence-corrected chi connectivity index (χ2v) is 15.0. The lowest BCUT2D eigenvalue weighted by atomic mass is 9.98. The van der Waals surface area contributed by atoms with Crippen LogP contribution in [0.4, 0.5) is 4.79 Å². The van der Waals surface area contributed by atoms with Gasteiger partial charge in [-0.05, 0) is 48.5 Å². The van der Waals surface area contributed by atoms with Gasteiger partial charge in [-0.2, -0.15) is 0 Å². The van der Waals surface area contributed by atoms with Crippen LogP contribution in [0.5, 0.6) is 0 Å². The Labute approximate surface area is 137 Å². The Morgan fingerprint density at radius 3 is 1.76 bits per heavy atom. The zero-order valence-corrected chi connectivity index (χ0v) is 17.3. The van der Waals surface area contributed by atoms with Crippen molar-refractivity contribution in [3.05, 3.63) is 0 Å². The first-order valence-corrected chi connectivity index (χ1v) is 12.2. The van der Waals surface area contributed by atoms with Crippen LogP contribution in [0.15, 0.2) is 0 Å². The van der Waals surface area contributed by atoms with Gasteiger partial charge in [0.1, 0.15) is 0 Å². The smallest absolute Gasteiger partial charge is 0.283 e. The largest absolute Gasteiger partial charge is 0.329 e. The van der Waals surface area contributed by atoms with E-state index in [2.05, 4.69) is 79.9 Å². The number of hydrogen-bond acceptors (Lipinski definition) is 2. The topological polar surface area (TPSA) is 20.3 Å². The van der Waals surface area contributed by atoms with E-state index in [0.717, 1.165) is 0 Å². The monoisotopic (exact) mass is 327 g/mol. The molecule has 0 unspecified atom stereocenters. The molecule has 0 aliphatic heterocycles. The maximum atomic E-state index is 12.7. The first-order chi connectivity index (χ1) is 9.25. The summed E-state index contributed by atoms with van der Waals surface area (Å²) in [5.41, 5.74) is -0.0166. The van der Waals surface area contributed by atoms with Crippen LogP contribution in [-0.2, 0) is 0 Å². The Morgan fingerprint density at radius 2 is 1.48 bits per heavy atom. The Morgan fingerprint density at radius 1 is 1.05 bits per heavy atom. The molecule has 0 aliphatic carbocycles. The summed E-state index contributed by atoms with van der Waals surface area (Å²) in [6.45, 7) is 21.5. The molecule has 1 atom stereocenters. The van der Waals surface area contributed by atoms with Crippen molar-refractivity contribution in [1.82, 2.24) is 4.90 Å². The van der Waals surface area contributed by atoms with Gasteiger partial charge in [-0.15, -0.1) is 0 Å². The van der Waals surface area contributed by atoms with Crippen LogP contribution in [0.25, 0.3) is 0 Å². The third-order valence-electron chi connectivity index (χ3n) is 2.91. The lowest BCUT2D eigenvalue weighted by molar-refractivity contribution is 0.190. The molecule has 1 amide bonds. The lowest BCUT2D eigenvalue weighted by Crippen LogP contribution is -2.43. The molecule has 0 saturated carbocycles. The molecule has 0 saturated heterocycles. The van der Waals surface area contributed by atoms with Crippen molar-refractivity contribution in [2.45, 2.75) is 85.1 Å². The van der Waals surface area contributed by atoms with Gasteiger partial charge in [0.25, 0.3) is 5.24 Å². The fourth-order valence-electron chi connectivity index (χ4n) is 1.88. The van der Waals surface area contributed by atoms with E-state index >= 15 is 0 Å². The molecule has 0 aromatic heterocycles. The van der Waals surface area contributed by atoms with Gasteiger partial charge in [-0.3, -0.25) is 4.79 Å². The van der Waals surface area contributed by atoms with Gasteiger partial charge in [-0.25, -0.2) is 0 Å². The number of hydrogen-bond donors (Lipinski definition) is 0. The third-order valence-corrected chi connectivity index (χ3v) is 7.87. The van der Waals surface area contributed by atoms with E-state index in [4.69, 9.17) is 0 Å². The Bertz CT molecular complexity index is 399. The maximum Gasteiger partial charge on any atom is 0.283 e. The molecule has 0 bridgehead atoms. The highest BCUT2D eigenvalue weighted by atomic mass is 32.2. The van der Waals surface area contributed by atoms with Crippen molar-refractivity contribution < 1.29 is 4.79 Å². The van der Waals surface area contributed by atoms with Gasteiger partial charge in [0.05, 0.1) is 12.9 Å². The average Bonchev–Trinajstić information content (AvgIpc) is 2.19. The summed E-state index contributed by atoms with van der Waals surface area (Å²) in [6, 6.07) is 0.450. The lowest BCUT2D eigenvalue weighted by Gasteiger charge is -2.33. The molecule has 0 rings (SSSR count). The predicted molar refractivity (Wildman–Crippen MR) is 99.5 cm³/mol. The maximum absolute atomic E-state index is 12.7. The van der Waals surface area contributed by atoms with E-state index in [1.807, 2.05) is 4.90 Å². The third kappa shape index (κ3) is 7.97. The van der Waals surface area contributed by atoms with Crippen LogP contribution in [-0.4, -0.2) is 35.2 Å². The highest BCUT2D eigenvalue weighted by Crippen LogP contribution is 2.27. The van der Waals surface area contributed by atoms with Crippen molar-refractivity contribution in [2.24, 2.45) is 5.41 Å². The second-order valence-electron chi connectivity index (χ2n) is 8.24. The highest BCUT2D eigenvalue weighted by Gasteiger charge is 2.31. The van der Waals surface area contributed by atoms with Gasteiger partial charge in [0.2, 0.25) is 0 Å². The number of nitrogens with zero attached hydrogens (tertiary/aromatic N) is 1. The first-order valence-electron chi connectivity index (χ1n) is 7.77. The highest BCUT2D eigenvalue weighted by molar-refractivity contribution is 8.15. The quantitative estimate of drug-likeness (QED) is 0.519. The normalized spacial score (nSPS) is 13.9. The zero-order chi connectivity index (χ0) is 17.0. The summed E-state index contributed by atoms with van der Waals surface area (Å²) < 4.78 is 0. The first kappa shape index (κ1) is 20.6. The molecule has 0 heterocycles. The standard InChI is InChI=1S/C17H33NOSSi/c1-13(2)18(14(3)4)16(19)20-15(21(8,9)10)11-12-17(5,6)7/h13-15H,1-10H3/t15-/m1/s1. The van der Waals surface area contributed by atoms with E-state index in [1.54, 1.807) is 0 Å². The van der Waals surface area contributed by atoms with E-state index in [9.17, 15) is 4.79 Å². The van der Waals surface area contributed by atoms with Crippen LogP contribution in [0, 0.1) is 17.3 Å². The van der Waals surface area contributed by atoms with E-state index in [-0.39, 0.29) is 27.6 Å². The van der Waals surface area contributed by atoms with Crippen LogP contribution in [0.1, 0.15) is 48.5 Å². The summed E-state index contributed by atoms with van der Waals surface area (Å²) in [5, 5.41) is 0.163. The second kappa shape index (κ2) is 7.74. The summed E-state index contributed by atoms with van der Waals surface area (Å²) >= 11 is 1.43. The molecule has 0 aromatic rings. The molecule has 0 radical (unpaired) electrons. The van der Waals surface area contributed by atoms with Crippen LogP contribution < -0.4 is 0 Å². The molecule has 0 aliphatic rings. The molecule has 0 aromatic carbocycles. The van der Waals surface area contributed by atoms with Crippen molar-refractivity contribution >= 4 is 25.1 Å². The van der Waals surface area contributed by atoms with Crippen molar-refractivity contribution in [1.29, 1.82) is 0 Å². The number of rotatable bonds is 4. The van der Waals surface area contributed by atoms with Gasteiger partial charge < -0.3 is 4.90 Å². The van der Waals surface area contributed by atoms with Gasteiger partial charge in [-0.1, -0.05) is 43.2 Å². The Balaban J connectivity index is 5.23. The van der Waals surface area contributed by atoms with Crippen molar-refractivity contribution in [3.8, 4) is 11.8 Å². The zero-order valence-electron chi connectivity index (χ0n) is 15.5. The number of thioether (sulfide) groups is 1. The predicted octanol–water partition coefficient (Wildman–Crippen LogP) is 5.25. The van der Waals surface area contributed by atoms with Crippen LogP contribution in [0.2, 0.25) is 19.6 Å². The van der Waals surface area contributed by atoms with Crippen LogP contribution >= 0.6 is 11.8 Å². The Hall–Kier alpha value is -0.403. The summed E-state index contributed by atoms with van der Waals surface area (Å²) in [7, 11) is -1.52. The molecule has 2 nitrogen and oxygen atoms in total. The van der Waals surface area contributed by atoms with Gasteiger partial charge >= 0.3 is 0 Å². The fourth-order valence-corrected chi connectivity index (χ4v) is 4.97. The molecular formula is C17H33NOSSi. The Kier molecular flexibility index (Phi) is 7.59. The number of carbonyl (C=O) groups is 1. The van der Waals surface area contributed by atoms with E-state index in [1.165, 1.54) is 11.8 Å². The van der Waals surface area contributed by atoms with Gasteiger partial charge in [0.15, 0.2) is 0 Å². The van der Waals surface area contributed by atoms with Crippen LogP contribution in [0.3, 0.4) is 0 Å². The summed E-state index contributed by atoms with van der Waals surface area (Å²) in [5.74, 6) is 6.71. The van der Waals surface area contributed by atoms with Gasteiger partial charge in [0, 0.05) is 17.5 Å². The summed E-state index contributed by atoms with van der Waals surface area (Å²) in [6.07, 6.45) is 0. The molecule has 0 N–H and O–H groups in total. The van der Waals surface area contributed by atoms with E-state index < -0.39 is 8.07 Å². The number of carbonyl (C=O) groups excluding carboxylic acids is 1. The molecular weight excluding hydrogens is 294 g/mol. The minimum absolute atomic E-state index is 0.0166. The SMILES string of the molecule is CC(C)N(C(=O)S[C@@H](C#CC(C)(C)C)[Si](C)(C)C)C(C)C. The molecule has 0 fully saturated rings. The number of amides is 1. The minimum Gasteiger partial charge on any atom is -0.329 e. The molecule has 122 valence electrons.